The van der Waals surface area contributed by atoms with Gasteiger partial charge in [-0.2, -0.15) is 0 Å². The second-order valence-electron chi connectivity index (χ2n) is 8.47. The van der Waals surface area contributed by atoms with Crippen LogP contribution in [0.15, 0.2) is 18.2 Å². The Morgan fingerprint density at radius 3 is 2.66 bits per heavy atom. The van der Waals surface area contributed by atoms with Gasteiger partial charge in [0.15, 0.2) is 0 Å². The van der Waals surface area contributed by atoms with Crippen LogP contribution in [0.5, 0.6) is 5.75 Å². The van der Waals surface area contributed by atoms with E-state index in [1.165, 1.54) is 6.42 Å². The van der Waals surface area contributed by atoms with Crippen LogP contribution >= 0.6 is 11.6 Å². The van der Waals surface area contributed by atoms with Crippen LogP contribution in [-0.4, -0.2) is 68.1 Å². The fraction of sp³-hybridized carbons (Fsp3) is 0.636. The summed E-state index contributed by atoms with van der Waals surface area (Å²) in [4.78, 5) is 29.7. The summed E-state index contributed by atoms with van der Waals surface area (Å²) in [6.07, 6.45) is 4.90. The zero-order valence-corrected chi connectivity index (χ0v) is 17.7. The number of benzene rings is 1. The lowest BCUT2D eigenvalue weighted by atomic mass is 9.62. The van der Waals surface area contributed by atoms with Crippen molar-refractivity contribution in [1.82, 2.24) is 9.80 Å². The molecule has 0 N–H and O–H groups in total. The van der Waals surface area contributed by atoms with E-state index in [-0.39, 0.29) is 17.2 Å². The van der Waals surface area contributed by atoms with Gasteiger partial charge in [0.2, 0.25) is 5.91 Å². The monoisotopic (exact) mass is 420 g/mol. The maximum Gasteiger partial charge on any atom is 0.257 e. The van der Waals surface area contributed by atoms with Crippen molar-refractivity contribution >= 4 is 23.4 Å². The van der Waals surface area contributed by atoms with Gasteiger partial charge in [0.25, 0.3) is 5.91 Å². The molecule has 0 bridgehead atoms. The van der Waals surface area contributed by atoms with E-state index in [0.717, 1.165) is 25.8 Å². The Balaban J connectivity index is 1.42. The van der Waals surface area contributed by atoms with E-state index >= 15 is 0 Å². The van der Waals surface area contributed by atoms with Gasteiger partial charge in [0, 0.05) is 37.6 Å². The molecule has 2 amide bonds. The maximum atomic E-state index is 13.2. The third kappa shape index (κ3) is 4.10. The number of hydrogen-bond acceptors (Lipinski definition) is 4. The van der Waals surface area contributed by atoms with Gasteiger partial charge in [-0.15, -0.1) is 0 Å². The molecule has 0 radical (unpaired) electrons. The first-order valence-corrected chi connectivity index (χ1v) is 10.9. The first-order valence-electron chi connectivity index (χ1n) is 10.5. The number of nitrogens with zero attached hydrogens (tertiary/aromatic N) is 2. The Bertz CT molecular complexity index is 774. The second kappa shape index (κ2) is 8.52. The number of amides is 2. The number of hydrogen-bond donors (Lipinski definition) is 0. The minimum Gasteiger partial charge on any atom is -0.496 e. The smallest absolute Gasteiger partial charge is 0.257 e. The number of carbonyl (C=O) groups is 2. The van der Waals surface area contributed by atoms with Crippen molar-refractivity contribution in [2.24, 2.45) is 11.3 Å². The van der Waals surface area contributed by atoms with Crippen LogP contribution in [0, 0.1) is 11.3 Å². The predicted octanol–water partition coefficient (Wildman–Crippen LogP) is 3.23. The predicted molar refractivity (Wildman–Crippen MR) is 110 cm³/mol. The first-order chi connectivity index (χ1) is 14.0. The summed E-state index contributed by atoms with van der Waals surface area (Å²) in [6, 6.07) is 5.15. The standard InChI is InChI=1S/C22H29ClN2O4/c1-28-19-13-17(23)4-5-18(19)21(27)25-14-16(22(15-25)7-2-8-22)3-6-20(26)24-9-11-29-12-10-24/h4-5,13,16H,2-3,6-12,14-15H2,1H3. The largest absolute Gasteiger partial charge is 0.496 e. The molecule has 29 heavy (non-hydrogen) atoms. The fourth-order valence-electron chi connectivity index (χ4n) is 5.06. The molecule has 7 heteroatoms. The number of carbonyl (C=O) groups excluding carboxylic acids is 2. The molecule has 2 saturated heterocycles. The highest BCUT2D eigenvalue weighted by atomic mass is 35.5. The quantitative estimate of drug-likeness (QED) is 0.733. The van der Waals surface area contributed by atoms with Gasteiger partial charge in [-0.3, -0.25) is 9.59 Å². The van der Waals surface area contributed by atoms with Crippen molar-refractivity contribution < 1.29 is 19.1 Å². The van der Waals surface area contributed by atoms with Crippen LogP contribution in [0.25, 0.3) is 0 Å². The lowest BCUT2D eigenvalue weighted by Crippen LogP contribution is -2.42. The molecule has 3 aliphatic rings. The Hall–Kier alpha value is -1.79. The van der Waals surface area contributed by atoms with Gasteiger partial charge in [0.1, 0.15) is 5.75 Å². The molecule has 2 aliphatic heterocycles. The zero-order chi connectivity index (χ0) is 20.4. The van der Waals surface area contributed by atoms with E-state index in [1.807, 2.05) is 9.80 Å². The Labute approximate surface area is 177 Å². The molecule has 1 saturated carbocycles. The molecule has 1 aromatic rings. The number of halogens is 1. The highest BCUT2D eigenvalue weighted by Crippen LogP contribution is 2.53. The molecule has 4 rings (SSSR count). The lowest BCUT2D eigenvalue weighted by Gasteiger charge is -2.43. The Morgan fingerprint density at radius 2 is 2.00 bits per heavy atom. The molecule has 1 atom stereocenters. The van der Waals surface area contributed by atoms with Crippen molar-refractivity contribution in [1.29, 1.82) is 0 Å². The van der Waals surface area contributed by atoms with E-state index in [4.69, 9.17) is 21.1 Å². The van der Waals surface area contributed by atoms with Crippen LogP contribution in [0.1, 0.15) is 42.5 Å². The van der Waals surface area contributed by atoms with Crippen LogP contribution in [0.2, 0.25) is 5.02 Å². The number of morpholine rings is 1. The summed E-state index contributed by atoms with van der Waals surface area (Å²) in [5.41, 5.74) is 0.733. The van der Waals surface area contributed by atoms with Gasteiger partial charge in [-0.05, 0) is 48.8 Å². The zero-order valence-electron chi connectivity index (χ0n) is 17.0. The molecule has 0 aromatic heterocycles. The molecular formula is C22H29ClN2O4. The highest BCUT2D eigenvalue weighted by Gasteiger charge is 2.51. The molecule has 6 nitrogen and oxygen atoms in total. The van der Waals surface area contributed by atoms with E-state index in [0.29, 0.717) is 61.5 Å². The minimum atomic E-state index is -0.00759. The van der Waals surface area contributed by atoms with Crippen LogP contribution < -0.4 is 4.74 Å². The lowest BCUT2D eigenvalue weighted by molar-refractivity contribution is -0.135. The highest BCUT2D eigenvalue weighted by molar-refractivity contribution is 6.30. The van der Waals surface area contributed by atoms with E-state index in [9.17, 15) is 9.59 Å². The van der Waals surface area contributed by atoms with E-state index in [2.05, 4.69) is 0 Å². The molecule has 1 unspecified atom stereocenters. The number of likely N-dealkylation sites (tertiary alicyclic amines) is 1. The van der Waals surface area contributed by atoms with Gasteiger partial charge < -0.3 is 19.3 Å². The average molecular weight is 421 g/mol. The van der Waals surface area contributed by atoms with Crippen LogP contribution in [0.3, 0.4) is 0 Å². The Morgan fingerprint density at radius 1 is 1.24 bits per heavy atom. The van der Waals surface area contributed by atoms with Crippen LogP contribution in [0.4, 0.5) is 0 Å². The SMILES string of the molecule is COc1cc(Cl)ccc1C(=O)N1CC(CCC(=O)N2CCOCC2)C2(CCC2)C1. The summed E-state index contributed by atoms with van der Waals surface area (Å²) in [5, 5.41) is 0.551. The third-order valence-electron chi connectivity index (χ3n) is 6.91. The molecule has 1 aromatic carbocycles. The summed E-state index contributed by atoms with van der Waals surface area (Å²) < 4.78 is 10.7. The van der Waals surface area contributed by atoms with Crippen molar-refractivity contribution in [2.75, 3.05) is 46.5 Å². The summed E-state index contributed by atoms with van der Waals surface area (Å²) in [6.45, 7) is 4.12. The van der Waals surface area contributed by atoms with E-state index < -0.39 is 0 Å². The van der Waals surface area contributed by atoms with Crippen molar-refractivity contribution in [3.05, 3.63) is 28.8 Å². The van der Waals surface area contributed by atoms with Crippen molar-refractivity contribution in [2.45, 2.75) is 32.1 Å². The topological polar surface area (TPSA) is 59.1 Å². The average Bonchev–Trinajstić information content (AvgIpc) is 3.12. The maximum absolute atomic E-state index is 13.2. The molecule has 158 valence electrons. The molecule has 3 fully saturated rings. The van der Waals surface area contributed by atoms with Gasteiger partial charge in [0.05, 0.1) is 25.9 Å². The summed E-state index contributed by atoms with van der Waals surface area (Å²) in [7, 11) is 1.56. The normalized spacial score (nSPS) is 23.2. The van der Waals surface area contributed by atoms with Crippen molar-refractivity contribution in [3.8, 4) is 5.75 Å². The molecule has 2 heterocycles. The number of methoxy groups -OCH3 is 1. The molecular weight excluding hydrogens is 392 g/mol. The number of ether oxygens (including phenoxy) is 2. The summed E-state index contributed by atoms with van der Waals surface area (Å²) in [5.74, 6) is 1.10. The minimum absolute atomic E-state index is 0.00759. The van der Waals surface area contributed by atoms with Gasteiger partial charge in [-0.1, -0.05) is 18.0 Å². The fourth-order valence-corrected chi connectivity index (χ4v) is 5.23. The first kappa shape index (κ1) is 20.5. The Kier molecular flexibility index (Phi) is 6.02. The van der Waals surface area contributed by atoms with Crippen LogP contribution in [-0.2, 0) is 9.53 Å². The van der Waals surface area contributed by atoms with Crippen molar-refractivity contribution in [3.63, 3.8) is 0 Å². The molecule has 1 spiro atoms. The van der Waals surface area contributed by atoms with Gasteiger partial charge >= 0.3 is 0 Å². The van der Waals surface area contributed by atoms with E-state index in [1.54, 1.807) is 25.3 Å². The van der Waals surface area contributed by atoms with Gasteiger partial charge in [-0.25, -0.2) is 0 Å². The second-order valence-corrected chi connectivity index (χ2v) is 8.91. The third-order valence-corrected chi connectivity index (χ3v) is 7.15. The number of rotatable bonds is 5. The molecule has 1 aliphatic carbocycles. The summed E-state index contributed by atoms with van der Waals surface area (Å²) >= 11 is 6.05.